The molecule has 4 heteroatoms. The van der Waals surface area contributed by atoms with Crippen LogP contribution in [-0.4, -0.2) is 35.8 Å². The molecule has 1 saturated heterocycles. The molecular formula is C33H33NO3. The van der Waals surface area contributed by atoms with Crippen molar-refractivity contribution in [1.29, 1.82) is 0 Å². The Bertz CT molecular complexity index is 1170. The Kier molecular flexibility index (Phi) is 7.38. The average molecular weight is 492 g/mol. The lowest BCUT2D eigenvalue weighted by Crippen LogP contribution is -2.46. The van der Waals surface area contributed by atoms with E-state index in [4.69, 9.17) is 4.74 Å². The number of hydrogen-bond donors (Lipinski definition) is 1. The molecule has 1 N–H and O–H groups in total. The van der Waals surface area contributed by atoms with E-state index in [2.05, 4.69) is 95.9 Å². The smallest absolute Gasteiger partial charge is 0.450 e. The number of carbonyl (C=O) groups is 1. The molecule has 0 amide bonds. The number of piperidine rings is 1. The van der Waals surface area contributed by atoms with Gasteiger partial charge < -0.3 is 14.7 Å². The number of benzene rings is 4. The summed E-state index contributed by atoms with van der Waals surface area (Å²) in [5, 5.41) is 9.51. The van der Waals surface area contributed by atoms with E-state index in [-0.39, 0.29) is 5.41 Å². The quantitative estimate of drug-likeness (QED) is 0.211. The van der Waals surface area contributed by atoms with E-state index in [0.29, 0.717) is 12.8 Å². The molecule has 1 fully saturated rings. The van der Waals surface area contributed by atoms with Crippen molar-refractivity contribution in [2.45, 2.75) is 30.3 Å². The van der Waals surface area contributed by atoms with E-state index < -0.39 is 11.8 Å². The first kappa shape index (κ1) is 24.8. The second kappa shape index (κ2) is 11.0. The predicted molar refractivity (Wildman–Crippen MR) is 147 cm³/mol. The molecule has 0 unspecified atom stereocenters. The van der Waals surface area contributed by atoms with Crippen molar-refractivity contribution in [3.05, 3.63) is 144 Å². The number of carboxylic acid groups (broad SMARTS) is 1. The maximum atomic E-state index is 11.6. The van der Waals surface area contributed by atoms with E-state index in [1.807, 2.05) is 30.3 Å². The Hall–Kier alpha value is -3.89. The van der Waals surface area contributed by atoms with Crippen LogP contribution in [0.3, 0.4) is 0 Å². The van der Waals surface area contributed by atoms with Gasteiger partial charge in [0.05, 0.1) is 0 Å². The minimum atomic E-state index is -1.21. The van der Waals surface area contributed by atoms with Gasteiger partial charge in [-0.05, 0) is 35.2 Å². The SMILES string of the molecule is O=C(O)OC1(c2ccccc2)CCN(CCC(c2ccccc2)(c2ccccc2)c2ccccc2)CC1. The van der Waals surface area contributed by atoms with Crippen molar-refractivity contribution in [3.63, 3.8) is 0 Å². The normalized spacial score (nSPS) is 15.7. The van der Waals surface area contributed by atoms with Crippen molar-refractivity contribution in [2.75, 3.05) is 19.6 Å². The van der Waals surface area contributed by atoms with Gasteiger partial charge in [0.2, 0.25) is 0 Å². The highest BCUT2D eigenvalue weighted by Gasteiger charge is 2.41. The Labute approximate surface area is 219 Å². The summed E-state index contributed by atoms with van der Waals surface area (Å²) in [7, 11) is 0. The average Bonchev–Trinajstić information content (AvgIpc) is 2.96. The Balaban J connectivity index is 1.44. The first-order valence-corrected chi connectivity index (χ1v) is 13.0. The fourth-order valence-corrected chi connectivity index (χ4v) is 5.92. The first-order valence-electron chi connectivity index (χ1n) is 13.0. The van der Waals surface area contributed by atoms with Crippen molar-refractivity contribution in [2.24, 2.45) is 0 Å². The number of likely N-dealkylation sites (tertiary alicyclic amines) is 1. The van der Waals surface area contributed by atoms with Crippen LogP contribution in [0.2, 0.25) is 0 Å². The molecule has 37 heavy (non-hydrogen) atoms. The standard InChI is InChI=1S/C33H33NO3/c35-31(36)37-32(27-13-5-1-6-14-27)21-24-34(25-22-32)26-23-33(28-15-7-2-8-16-28,29-17-9-3-10-18-29)30-19-11-4-12-20-30/h1-20H,21-26H2,(H,35,36). The van der Waals surface area contributed by atoms with Crippen molar-refractivity contribution >= 4 is 6.16 Å². The van der Waals surface area contributed by atoms with Crippen molar-refractivity contribution in [3.8, 4) is 0 Å². The zero-order chi connectivity index (χ0) is 25.6. The number of ether oxygens (including phenoxy) is 1. The minimum Gasteiger partial charge on any atom is -0.450 e. The van der Waals surface area contributed by atoms with E-state index in [0.717, 1.165) is 31.6 Å². The molecule has 0 aliphatic carbocycles. The number of nitrogens with zero attached hydrogens (tertiary/aromatic N) is 1. The molecule has 0 atom stereocenters. The van der Waals surface area contributed by atoms with Crippen LogP contribution in [0.25, 0.3) is 0 Å². The summed E-state index contributed by atoms with van der Waals surface area (Å²) in [6.07, 6.45) is 0.966. The van der Waals surface area contributed by atoms with Gasteiger partial charge in [-0.3, -0.25) is 0 Å². The van der Waals surface area contributed by atoms with Gasteiger partial charge in [0.15, 0.2) is 0 Å². The second-order valence-electron chi connectivity index (χ2n) is 9.82. The molecule has 4 aromatic carbocycles. The summed E-state index contributed by atoms with van der Waals surface area (Å²) in [6, 6.07) is 42.1. The van der Waals surface area contributed by atoms with E-state index in [9.17, 15) is 9.90 Å². The molecule has 0 radical (unpaired) electrons. The van der Waals surface area contributed by atoms with Gasteiger partial charge in [0, 0.05) is 31.3 Å². The van der Waals surface area contributed by atoms with Crippen LogP contribution in [0, 0.1) is 0 Å². The third kappa shape index (κ3) is 5.16. The van der Waals surface area contributed by atoms with Gasteiger partial charge in [-0.1, -0.05) is 121 Å². The Morgan fingerprint density at radius 2 is 1.11 bits per heavy atom. The van der Waals surface area contributed by atoms with Gasteiger partial charge in [0.25, 0.3) is 0 Å². The highest BCUT2D eigenvalue weighted by Crippen LogP contribution is 2.43. The summed E-state index contributed by atoms with van der Waals surface area (Å²) in [4.78, 5) is 14.1. The summed E-state index contributed by atoms with van der Waals surface area (Å²) < 4.78 is 5.56. The summed E-state index contributed by atoms with van der Waals surface area (Å²) >= 11 is 0. The van der Waals surface area contributed by atoms with E-state index in [1.54, 1.807) is 0 Å². The first-order chi connectivity index (χ1) is 18.1. The maximum Gasteiger partial charge on any atom is 0.506 e. The van der Waals surface area contributed by atoms with Crippen LogP contribution in [-0.2, 0) is 15.8 Å². The molecule has 0 aromatic heterocycles. The molecule has 4 nitrogen and oxygen atoms in total. The summed E-state index contributed by atoms with van der Waals surface area (Å²) in [5.74, 6) is 0. The topological polar surface area (TPSA) is 49.8 Å². The van der Waals surface area contributed by atoms with Crippen LogP contribution in [0.1, 0.15) is 41.5 Å². The second-order valence-corrected chi connectivity index (χ2v) is 9.82. The van der Waals surface area contributed by atoms with Gasteiger partial charge in [-0.2, -0.15) is 0 Å². The van der Waals surface area contributed by atoms with Crippen molar-refractivity contribution < 1.29 is 14.6 Å². The zero-order valence-corrected chi connectivity index (χ0v) is 21.0. The number of hydrogen-bond acceptors (Lipinski definition) is 3. The van der Waals surface area contributed by atoms with Crippen LogP contribution in [0.5, 0.6) is 0 Å². The van der Waals surface area contributed by atoms with Crippen LogP contribution in [0.4, 0.5) is 4.79 Å². The lowest BCUT2D eigenvalue weighted by molar-refractivity contribution is -0.0613. The Morgan fingerprint density at radius 3 is 1.51 bits per heavy atom. The molecule has 1 heterocycles. The van der Waals surface area contributed by atoms with Crippen molar-refractivity contribution in [1.82, 2.24) is 4.90 Å². The number of rotatable bonds is 8. The van der Waals surface area contributed by atoms with E-state index in [1.165, 1.54) is 16.7 Å². The molecule has 0 spiro atoms. The monoisotopic (exact) mass is 491 g/mol. The Morgan fingerprint density at radius 1 is 0.703 bits per heavy atom. The van der Waals surface area contributed by atoms with Gasteiger partial charge in [-0.25, -0.2) is 4.79 Å². The highest BCUT2D eigenvalue weighted by atomic mass is 16.7. The molecule has 4 aromatic rings. The third-order valence-electron chi connectivity index (χ3n) is 7.85. The van der Waals surface area contributed by atoms with Crippen LogP contribution in [0.15, 0.2) is 121 Å². The van der Waals surface area contributed by atoms with Crippen LogP contribution >= 0.6 is 0 Å². The highest BCUT2D eigenvalue weighted by molar-refractivity contribution is 5.58. The fraction of sp³-hybridized carbons (Fsp3) is 0.242. The largest absolute Gasteiger partial charge is 0.506 e. The molecule has 0 saturated carbocycles. The zero-order valence-electron chi connectivity index (χ0n) is 21.0. The minimum absolute atomic E-state index is 0.296. The van der Waals surface area contributed by atoms with Crippen LogP contribution < -0.4 is 0 Å². The molecule has 1 aliphatic heterocycles. The summed E-state index contributed by atoms with van der Waals surface area (Å²) in [6.45, 7) is 2.43. The molecule has 5 rings (SSSR count). The molecule has 1 aliphatic rings. The molecule has 0 bridgehead atoms. The lowest BCUT2D eigenvalue weighted by Gasteiger charge is -2.43. The summed E-state index contributed by atoms with van der Waals surface area (Å²) in [5.41, 5.74) is 3.67. The van der Waals surface area contributed by atoms with Gasteiger partial charge in [-0.15, -0.1) is 0 Å². The van der Waals surface area contributed by atoms with Gasteiger partial charge >= 0.3 is 6.16 Å². The molecular weight excluding hydrogens is 458 g/mol. The molecule has 188 valence electrons. The maximum absolute atomic E-state index is 11.6. The lowest BCUT2D eigenvalue weighted by atomic mass is 9.67. The van der Waals surface area contributed by atoms with E-state index >= 15 is 0 Å². The third-order valence-corrected chi connectivity index (χ3v) is 7.85. The van der Waals surface area contributed by atoms with Gasteiger partial charge in [0.1, 0.15) is 5.60 Å². The fourth-order valence-electron chi connectivity index (χ4n) is 5.92. The predicted octanol–water partition coefficient (Wildman–Crippen LogP) is 7.10.